The fourth-order valence-corrected chi connectivity index (χ4v) is 1.73. The average Bonchev–Trinajstić information content (AvgIpc) is 2.64. The van der Waals surface area contributed by atoms with E-state index in [1.54, 1.807) is 24.3 Å². The molecule has 0 saturated heterocycles. The van der Waals surface area contributed by atoms with Crippen molar-refractivity contribution in [2.24, 2.45) is 4.99 Å². The summed E-state index contributed by atoms with van der Waals surface area (Å²) in [5.41, 5.74) is 0.793. The van der Waals surface area contributed by atoms with Crippen LogP contribution in [0, 0.1) is 0 Å². The molecular weight excluding hydrogens is 216 g/mol. The molecule has 0 saturated carbocycles. The van der Waals surface area contributed by atoms with Crippen LogP contribution in [0.1, 0.15) is 15.9 Å². The molecule has 0 atom stereocenters. The lowest BCUT2D eigenvalue weighted by atomic mass is 10.1. The zero-order chi connectivity index (χ0) is 10.8. The third kappa shape index (κ3) is 1.80. The highest BCUT2D eigenvalue weighted by molar-refractivity contribution is 6.27. The van der Waals surface area contributed by atoms with E-state index in [9.17, 15) is 4.79 Å². The lowest BCUT2D eigenvalue weighted by molar-refractivity contribution is 0.0696. The molecule has 0 bridgehead atoms. The van der Waals surface area contributed by atoms with E-state index >= 15 is 0 Å². The topological polar surface area (TPSA) is 52.9 Å². The molecule has 1 aromatic rings. The summed E-state index contributed by atoms with van der Waals surface area (Å²) in [5, 5.41) is 9.00. The number of halogens is 1. The van der Waals surface area contributed by atoms with E-state index in [4.69, 9.17) is 16.9 Å². The number of carboxylic acids is 1. The zero-order valence-electron chi connectivity index (χ0n) is 7.85. The number of aliphatic imine (C=N–C) groups is 1. The maximum absolute atomic E-state index is 11.0. The Labute approximate surface area is 91.9 Å². The quantitative estimate of drug-likeness (QED) is 0.777. The Kier molecular flexibility index (Phi) is 2.60. The minimum atomic E-state index is -0.967. The van der Waals surface area contributed by atoms with Crippen molar-refractivity contribution in [2.45, 2.75) is 0 Å². The number of nitrogens with zero attached hydrogens (tertiary/aromatic N) is 2. The van der Waals surface area contributed by atoms with Crippen molar-refractivity contribution in [1.82, 2.24) is 4.42 Å². The third-order valence-corrected chi connectivity index (χ3v) is 2.52. The van der Waals surface area contributed by atoms with Crippen molar-refractivity contribution in [3.05, 3.63) is 35.4 Å². The van der Waals surface area contributed by atoms with Gasteiger partial charge in [0.25, 0.3) is 0 Å². The molecule has 0 spiro atoms. The maximum atomic E-state index is 11.0. The molecule has 0 aliphatic carbocycles. The summed E-state index contributed by atoms with van der Waals surface area (Å²) in [4.78, 5) is 15.1. The summed E-state index contributed by atoms with van der Waals surface area (Å²) in [7, 11) is 0. The van der Waals surface area contributed by atoms with Crippen LogP contribution < -0.4 is 0 Å². The highest BCUT2D eigenvalue weighted by Crippen LogP contribution is 2.17. The van der Waals surface area contributed by atoms with Crippen LogP contribution in [0.25, 0.3) is 0 Å². The van der Waals surface area contributed by atoms with Crippen molar-refractivity contribution >= 4 is 23.6 Å². The van der Waals surface area contributed by atoms with Gasteiger partial charge < -0.3 is 5.11 Å². The second-order valence-electron chi connectivity index (χ2n) is 3.14. The van der Waals surface area contributed by atoms with Gasteiger partial charge in [-0.1, -0.05) is 18.2 Å². The van der Waals surface area contributed by atoms with Crippen LogP contribution in [-0.4, -0.2) is 34.4 Å². The maximum Gasteiger partial charge on any atom is 0.336 e. The lowest BCUT2D eigenvalue weighted by Crippen LogP contribution is -2.20. The van der Waals surface area contributed by atoms with Crippen molar-refractivity contribution in [3.63, 3.8) is 0 Å². The van der Waals surface area contributed by atoms with Gasteiger partial charge >= 0.3 is 5.97 Å². The van der Waals surface area contributed by atoms with E-state index in [1.165, 1.54) is 4.42 Å². The Morgan fingerprint density at radius 2 is 2.20 bits per heavy atom. The largest absolute Gasteiger partial charge is 0.478 e. The number of amidine groups is 1. The summed E-state index contributed by atoms with van der Waals surface area (Å²) in [5.74, 6) is -0.431. The Morgan fingerprint density at radius 3 is 2.80 bits per heavy atom. The fourth-order valence-electron chi connectivity index (χ4n) is 1.51. The van der Waals surface area contributed by atoms with Crippen molar-refractivity contribution in [2.75, 3.05) is 13.1 Å². The van der Waals surface area contributed by atoms with E-state index in [2.05, 4.69) is 4.99 Å². The summed E-state index contributed by atoms with van der Waals surface area (Å²) in [6.45, 7) is 1.22. The summed E-state index contributed by atoms with van der Waals surface area (Å²) in [6.07, 6.45) is 0. The average molecular weight is 225 g/mol. The Morgan fingerprint density at radius 1 is 1.47 bits per heavy atom. The van der Waals surface area contributed by atoms with E-state index < -0.39 is 5.97 Å². The third-order valence-electron chi connectivity index (χ3n) is 2.19. The number of carbonyl (C=O) groups is 1. The molecule has 0 unspecified atom stereocenters. The summed E-state index contributed by atoms with van der Waals surface area (Å²) < 4.78 is 1.45. The van der Waals surface area contributed by atoms with Crippen LogP contribution in [0.2, 0.25) is 0 Å². The van der Waals surface area contributed by atoms with Crippen LogP contribution in [0.3, 0.4) is 0 Å². The molecule has 4 nitrogen and oxygen atoms in total. The van der Waals surface area contributed by atoms with Gasteiger partial charge in [-0.15, -0.1) is 0 Å². The van der Waals surface area contributed by atoms with Gasteiger partial charge in [-0.3, -0.25) is 9.41 Å². The molecule has 0 amide bonds. The normalized spacial score (nSPS) is 15.3. The molecule has 1 aliphatic rings. The second kappa shape index (κ2) is 3.90. The van der Waals surface area contributed by atoms with E-state index in [1.807, 2.05) is 0 Å². The first-order valence-electron chi connectivity index (χ1n) is 4.50. The van der Waals surface area contributed by atoms with Crippen molar-refractivity contribution in [3.8, 4) is 0 Å². The predicted octanol–water partition coefficient (Wildman–Crippen LogP) is 1.60. The molecule has 5 heteroatoms. The second-order valence-corrected chi connectivity index (χ2v) is 3.55. The van der Waals surface area contributed by atoms with Crippen LogP contribution >= 0.6 is 11.8 Å². The minimum Gasteiger partial charge on any atom is -0.478 e. The molecule has 1 heterocycles. The molecule has 1 N–H and O–H groups in total. The Bertz CT molecular complexity index is 431. The van der Waals surface area contributed by atoms with Crippen LogP contribution in [0.15, 0.2) is 29.3 Å². The van der Waals surface area contributed by atoms with Gasteiger partial charge in [0.15, 0.2) is 0 Å². The van der Waals surface area contributed by atoms with Gasteiger partial charge in [-0.2, -0.15) is 0 Å². The number of hydrogen-bond acceptors (Lipinski definition) is 3. The molecule has 1 aromatic carbocycles. The molecule has 0 aromatic heterocycles. The smallest absolute Gasteiger partial charge is 0.336 e. The minimum absolute atomic E-state index is 0.226. The SMILES string of the molecule is O=C(O)c1ccccc1C1=NCCN1Cl. The van der Waals surface area contributed by atoms with Crippen LogP contribution in [-0.2, 0) is 0 Å². The first-order chi connectivity index (χ1) is 7.20. The van der Waals surface area contributed by atoms with Gasteiger partial charge in [-0.05, 0) is 6.07 Å². The van der Waals surface area contributed by atoms with Gasteiger partial charge in [0.2, 0.25) is 0 Å². The molecule has 2 rings (SSSR count). The molecule has 0 radical (unpaired) electrons. The molecule has 15 heavy (non-hydrogen) atoms. The molecule has 1 aliphatic heterocycles. The molecule has 0 fully saturated rings. The fraction of sp³-hybridized carbons (Fsp3) is 0.200. The van der Waals surface area contributed by atoms with Gasteiger partial charge in [0.1, 0.15) is 5.84 Å². The summed E-state index contributed by atoms with van der Waals surface area (Å²) >= 11 is 5.90. The monoisotopic (exact) mass is 224 g/mol. The number of aromatic carboxylic acids is 1. The lowest BCUT2D eigenvalue weighted by Gasteiger charge is -2.12. The number of benzene rings is 1. The highest BCUT2D eigenvalue weighted by Gasteiger charge is 2.21. The zero-order valence-corrected chi connectivity index (χ0v) is 8.61. The van der Waals surface area contributed by atoms with Crippen LogP contribution in [0.4, 0.5) is 0 Å². The Balaban J connectivity index is 2.48. The van der Waals surface area contributed by atoms with Crippen LogP contribution in [0.5, 0.6) is 0 Å². The van der Waals surface area contributed by atoms with Crippen molar-refractivity contribution < 1.29 is 9.90 Å². The summed E-state index contributed by atoms with van der Waals surface area (Å²) in [6, 6.07) is 6.71. The Hall–Kier alpha value is -1.55. The molecule has 78 valence electrons. The van der Waals surface area contributed by atoms with E-state index in [0.717, 1.165) is 0 Å². The van der Waals surface area contributed by atoms with Gasteiger partial charge in [0.05, 0.1) is 18.7 Å². The number of hydrogen-bond donors (Lipinski definition) is 1. The first-order valence-corrected chi connectivity index (χ1v) is 4.84. The van der Waals surface area contributed by atoms with Crippen molar-refractivity contribution in [1.29, 1.82) is 0 Å². The molecular formula is C10H9ClN2O2. The highest BCUT2D eigenvalue weighted by atomic mass is 35.5. The number of rotatable bonds is 2. The predicted molar refractivity (Wildman–Crippen MR) is 57.4 cm³/mol. The number of carboxylic acid groups (broad SMARTS) is 1. The standard InChI is InChI=1S/C10H9ClN2O2/c11-13-6-5-12-9(13)7-3-1-2-4-8(7)10(14)15/h1-4H,5-6H2,(H,14,15). The van der Waals surface area contributed by atoms with E-state index in [-0.39, 0.29) is 5.56 Å². The van der Waals surface area contributed by atoms with Gasteiger partial charge in [-0.25, -0.2) is 4.79 Å². The van der Waals surface area contributed by atoms with E-state index in [0.29, 0.717) is 24.5 Å². The van der Waals surface area contributed by atoms with Gasteiger partial charge in [0, 0.05) is 17.3 Å². The first kappa shape index (κ1) is 9.98.